The Bertz CT molecular complexity index is 688. The molecule has 2 heterocycles. The summed E-state index contributed by atoms with van der Waals surface area (Å²) in [6.07, 6.45) is 2.58. The van der Waals surface area contributed by atoms with E-state index in [1.54, 1.807) is 0 Å². The highest BCUT2D eigenvalue weighted by atomic mass is 32.1. The lowest BCUT2D eigenvalue weighted by Crippen LogP contribution is -2.12. The molecule has 0 saturated carbocycles. The Balaban J connectivity index is 2.08. The van der Waals surface area contributed by atoms with E-state index < -0.39 is 11.5 Å². The smallest absolute Gasteiger partial charge is 0.335 e. The summed E-state index contributed by atoms with van der Waals surface area (Å²) in [5, 5.41) is 11.5. The molecule has 0 radical (unpaired) electrons. The largest absolute Gasteiger partial charge is 0.430 e. The molecule has 2 aromatic rings. The van der Waals surface area contributed by atoms with Crippen LogP contribution in [-0.4, -0.2) is 22.6 Å². The van der Waals surface area contributed by atoms with Gasteiger partial charge < -0.3 is 9.52 Å². The molecular weight excluding hydrogens is 268 g/mol. The number of anilines is 1. The average Bonchev–Trinajstić information content (AvgIpc) is 2.84. The molecule has 19 heavy (non-hydrogen) atoms. The van der Waals surface area contributed by atoms with Gasteiger partial charge >= 0.3 is 5.63 Å². The lowest BCUT2D eigenvalue weighted by atomic mass is 10.3. The molecule has 2 aromatic heterocycles. The maximum atomic E-state index is 11.8. The van der Waals surface area contributed by atoms with Gasteiger partial charge in [-0.3, -0.25) is 10.1 Å². The van der Waals surface area contributed by atoms with Crippen LogP contribution in [0.2, 0.25) is 0 Å². The van der Waals surface area contributed by atoms with Gasteiger partial charge in [0.15, 0.2) is 5.13 Å². The predicted octanol–water partition coefficient (Wildman–Crippen LogP) is 0.692. The predicted molar refractivity (Wildman–Crippen MR) is 69.0 cm³/mol. The second-order valence-electron chi connectivity index (χ2n) is 3.29. The van der Waals surface area contributed by atoms with Crippen molar-refractivity contribution in [1.82, 2.24) is 4.98 Å². The first-order valence-electron chi connectivity index (χ1n) is 5.15. The third kappa shape index (κ3) is 3.51. The van der Waals surface area contributed by atoms with Gasteiger partial charge in [0.05, 0.1) is 16.6 Å². The van der Waals surface area contributed by atoms with Crippen LogP contribution >= 0.6 is 11.3 Å². The first-order valence-corrected chi connectivity index (χ1v) is 5.96. The number of aromatic nitrogens is 1. The maximum absolute atomic E-state index is 11.8. The van der Waals surface area contributed by atoms with Crippen LogP contribution in [0.1, 0.15) is 15.2 Å². The second-order valence-corrected chi connectivity index (χ2v) is 4.32. The molecule has 0 saturated heterocycles. The van der Waals surface area contributed by atoms with Gasteiger partial charge in [0.2, 0.25) is 0 Å². The normalized spacial score (nSPS) is 9.53. The average molecular weight is 276 g/mol. The van der Waals surface area contributed by atoms with Crippen LogP contribution in [-0.2, 0) is 0 Å². The van der Waals surface area contributed by atoms with Crippen LogP contribution in [0.4, 0.5) is 5.13 Å². The molecule has 0 unspecified atom stereocenters. The van der Waals surface area contributed by atoms with Gasteiger partial charge in [-0.1, -0.05) is 23.2 Å². The van der Waals surface area contributed by atoms with Crippen molar-refractivity contribution in [3.05, 3.63) is 45.5 Å². The standard InChI is InChI=1S/C12H8N2O4S/c15-5-1-2-9-6-13-12(19-9)14-11(17)8-3-4-10(16)18-7-8/h3-4,6-7,15H,5H2,(H,13,14,17). The van der Waals surface area contributed by atoms with Crippen LogP contribution in [0.25, 0.3) is 0 Å². The van der Waals surface area contributed by atoms with E-state index in [9.17, 15) is 9.59 Å². The molecule has 6 nitrogen and oxygen atoms in total. The Morgan fingerprint density at radius 1 is 1.53 bits per heavy atom. The van der Waals surface area contributed by atoms with Gasteiger partial charge in [0.25, 0.3) is 5.91 Å². The van der Waals surface area contributed by atoms with Crippen molar-refractivity contribution in [1.29, 1.82) is 0 Å². The van der Waals surface area contributed by atoms with Gasteiger partial charge in [-0.05, 0) is 6.07 Å². The number of amides is 1. The number of rotatable bonds is 2. The molecule has 0 aliphatic heterocycles. The molecule has 96 valence electrons. The first kappa shape index (κ1) is 13.0. The van der Waals surface area contributed by atoms with Crippen molar-refractivity contribution in [2.45, 2.75) is 0 Å². The Hall–Kier alpha value is -2.43. The monoisotopic (exact) mass is 276 g/mol. The van der Waals surface area contributed by atoms with Gasteiger partial charge in [-0.15, -0.1) is 0 Å². The van der Waals surface area contributed by atoms with E-state index in [-0.39, 0.29) is 12.2 Å². The zero-order valence-corrected chi connectivity index (χ0v) is 10.4. The minimum Gasteiger partial charge on any atom is -0.430 e. The van der Waals surface area contributed by atoms with E-state index in [4.69, 9.17) is 5.11 Å². The molecule has 2 N–H and O–H groups in total. The fourth-order valence-corrected chi connectivity index (χ4v) is 1.86. The SMILES string of the molecule is O=C(Nc1ncc(C#CCO)s1)c1ccc(=O)oc1. The van der Waals surface area contributed by atoms with E-state index in [2.05, 4.69) is 26.6 Å². The number of nitrogens with one attached hydrogen (secondary N) is 1. The number of hydrogen-bond donors (Lipinski definition) is 2. The van der Waals surface area contributed by atoms with E-state index in [1.165, 1.54) is 23.6 Å². The molecule has 0 fully saturated rings. The van der Waals surface area contributed by atoms with Crippen molar-refractivity contribution >= 4 is 22.4 Å². The highest BCUT2D eigenvalue weighted by Gasteiger charge is 2.09. The molecular formula is C12H8N2O4S. The Morgan fingerprint density at radius 2 is 2.37 bits per heavy atom. The van der Waals surface area contributed by atoms with Gasteiger partial charge in [-0.25, -0.2) is 9.78 Å². The first-order chi connectivity index (χ1) is 9.19. The summed E-state index contributed by atoms with van der Waals surface area (Å²) in [6.45, 7) is -0.233. The quantitative estimate of drug-likeness (QED) is 0.787. The van der Waals surface area contributed by atoms with Crippen LogP contribution in [0.15, 0.2) is 33.8 Å². The second kappa shape index (κ2) is 5.95. The Morgan fingerprint density at radius 3 is 3.05 bits per heavy atom. The number of aliphatic hydroxyl groups excluding tert-OH is 1. The number of carbonyl (C=O) groups excluding carboxylic acids is 1. The summed E-state index contributed by atoms with van der Waals surface area (Å²) in [7, 11) is 0. The van der Waals surface area contributed by atoms with E-state index in [0.717, 1.165) is 12.3 Å². The van der Waals surface area contributed by atoms with Crippen molar-refractivity contribution in [2.24, 2.45) is 0 Å². The number of aliphatic hydroxyl groups is 1. The molecule has 0 bridgehead atoms. The van der Waals surface area contributed by atoms with Crippen molar-refractivity contribution < 1.29 is 14.3 Å². The number of hydrogen-bond acceptors (Lipinski definition) is 6. The molecule has 0 atom stereocenters. The summed E-state index contributed by atoms with van der Waals surface area (Å²) in [6, 6.07) is 2.52. The van der Waals surface area contributed by atoms with Crippen molar-refractivity contribution in [3.8, 4) is 11.8 Å². The van der Waals surface area contributed by atoms with Crippen LogP contribution in [0, 0.1) is 11.8 Å². The topological polar surface area (TPSA) is 92.4 Å². The van der Waals surface area contributed by atoms with Gasteiger partial charge in [-0.2, -0.15) is 0 Å². The summed E-state index contributed by atoms with van der Waals surface area (Å²) >= 11 is 1.18. The summed E-state index contributed by atoms with van der Waals surface area (Å²) in [4.78, 5) is 27.1. The zero-order valence-electron chi connectivity index (χ0n) is 9.54. The number of thiazole rings is 1. The third-order valence-corrected chi connectivity index (χ3v) is 2.81. The maximum Gasteiger partial charge on any atom is 0.335 e. The van der Waals surface area contributed by atoms with Crippen LogP contribution < -0.4 is 10.9 Å². The lowest BCUT2D eigenvalue weighted by molar-refractivity contribution is 0.102. The molecule has 2 rings (SSSR count). The highest BCUT2D eigenvalue weighted by molar-refractivity contribution is 7.16. The fraction of sp³-hybridized carbons (Fsp3) is 0.0833. The summed E-state index contributed by atoms with van der Waals surface area (Å²) in [5.41, 5.74) is -0.301. The lowest BCUT2D eigenvalue weighted by Gasteiger charge is -1.99. The Labute approximate surface area is 111 Å². The van der Waals surface area contributed by atoms with E-state index >= 15 is 0 Å². The van der Waals surface area contributed by atoms with Crippen molar-refractivity contribution in [2.75, 3.05) is 11.9 Å². The van der Waals surface area contributed by atoms with Crippen LogP contribution in [0.5, 0.6) is 0 Å². The zero-order chi connectivity index (χ0) is 13.7. The fourth-order valence-electron chi connectivity index (χ4n) is 1.17. The van der Waals surface area contributed by atoms with Crippen LogP contribution in [0.3, 0.4) is 0 Å². The van der Waals surface area contributed by atoms with Gasteiger partial charge in [0, 0.05) is 6.07 Å². The van der Waals surface area contributed by atoms with E-state index in [0.29, 0.717) is 10.0 Å². The molecule has 1 amide bonds. The summed E-state index contributed by atoms with van der Waals surface area (Å²) in [5.74, 6) is 4.73. The molecule has 7 heteroatoms. The van der Waals surface area contributed by atoms with E-state index in [1.807, 2.05) is 0 Å². The molecule has 0 aromatic carbocycles. The minimum atomic E-state index is -0.521. The minimum absolute atomic E-state index is 0.220. The third-order valence-electron chi connectivity index (χ3n) is 1.98. The Kier molecular flexibility index (Phi) is 4.07. The molecule has 0 aliphatic carbocycles. The summed E-state index contributed by atoms with van der Waals surface area (Å²) < 4.78 is 4.59. The highest BCUT2D eigenvalue weighted by Crippen LogP contribution is 2.17. The number of nitrogens with zero attached hydrogens (tertiary/aromatic N) is 1. The van der Waals surface area contributed by atoms with Crippen molar-refractivity contribution in [3.63, 3.8) is 0 Å². The molecule has 0 aliphatic rings. The molecule has 0 spiro atoms. The van der Waals surface area contributed by atoms with Gasteiger partial charge in [0.1, 0.15) is 12.9 Å². The number of carbonyl (C=O) groups is 1.